The van der Waals surface area contributed by atoms with Crippen LogP contribution in [0.3, 0.4) is 0 Å². The fraction of sp³-hybridized carbons (Fsp3) is 0.138. The number of pyridine rings is 1. The molecular weight excluding hydrogens is 566 g/mol. The van der Waals surface area contributed by atoms with Crippen LogP contribution in [-0.2, 0) is 11.3 Å². The van der Waals surface area contributed by atoms with E-state index in [-0.39, 0.29) is 35.3 Å². The molecule has 220 valence electrons. The quantitative estimate of drug-likeness (QED) is 0.299. The first-order chi connectivity index (χ1) is 20.5. The van der Waals surface area contributed by atoms with Gasteiger partial charge in [0, 0.05) is 38.3 Å². The molecule has 0 radical (unpaired) electrons. The Bertz CT molecular complexity index is 1980. The molecule has 5 aromatic rings. The van der Waals surface area contributed by atoms with Crippen molar-refractivity contribution in [3.63, 3.8) is 0 Å². The van der Waals surface area contributed by atoms with Gasteiger partial charge in [0.15, 0.2) is 17.3 Å². The van der Waals surface area contributed by atoms with Crippen molar-refractivity contribution in [2.75, 3.05) is 17.3 Å². The van der Waals surface area contributed by atoms with Gasteiger partial charge in [0.25, 0.3) is 0 Å². The van der Waals surface area contributed by atoms with Gasteiger partial charge in [-0.1, -0.05) is 0 Å². The monoisotopic (exact) mass is 590 g/mol. The summed E-state index contributed by atoms with van der Waals surface area (Å²) in [5.74, 6) is -2.06. The number of hydrogen-bond acceptors (Lipinski definition) is 7. The number of amides is 2. The maximum Gasteiger partial charge on any atom is 0.417 e. The van der Waals surface area contributed by atoms with Crippen molar-refractivity contribution in [1.82, 2.24) is 18.7 Å². The zero-order valence-electron chi connectivity index (χ0n) is 23.1. The number of benzene rings is 2. The lowest BCUT2D eigenvalue weighted by Crippen LogP contribution is -2.39. The highest BCUT2D eigenvalue weighted by atomic mass is 19.1. The molecular formula is C29H24F2N6O6. The Morgan fingerprint density at radius 3 is 2.40 bits per heavy atom. The highest BCUT2D eigenvalue weighted by molar-refractivity contribution is 5.91. The predicted molar refractivity (Wildman–Crippen MR) is 152 cm³/mol. The molecule has 0 atom stereocenters. The predicted octanol–water partition coefficient (Wildman–Crippen LogP) is 4.33. The molecule has 14 heteroatoms. The highest BCUT2D eigenvalue weighted by Gasteiger charge is 2.18. The molecule has 3 aromatic heterocycles. The van der Waals surface area contributed by atoms with Crippen LogP contribution < -0.4 is 30.9 Å². The summed E-state index contributed by atoms with van der Waals surface area (Å²) in [5.41, 5.74) is -0.615. The van der Waals surface area contributed by atoms with Crippen LogP contribution in [0.4, 0.5) is 25.0 Å². The van der Waals surface area contributed by atoms with Crippen LogP contribution in [0.5, 0.6) is 17.2 Å². The Morgan fingerprint density at radius 2 is 1.72 bits per heavy atom. The van der Waals surface area contributed by atoms with Crippen molar-refractivity contribution in [3.05, 3.63) is 106 Å². The largest absolute Gasteiger partial charge is 0.452 e. The molecule has 5 rings (SSSR count). The molecule has 0 bridgehead atoms. The molecule has 0 fully saturated rings. The summed E-state index contributed by atoms with van der Waals surface area (Å²) in [6.45, 7) is 3.18. The second kappa shape index (κ2) is 11.6. The highest BCUT2D eigenvalue weighted by Crippen LogP contribution is 2.32. The van der Waals surface area contributed by atoms with Gasteiger partial charge in [-0.2, -0.15) is 5.10 Å². The van der Waals surface area contributed by atoms with Crippen LogP contribution in [0.15, 0.2) is 82.8 Å². The summed E-state index contributed by atoms with van der Waals surface area (Å²) in [4.78, 5) is 51.7. The standard InChI is InChI=1S/C29H24F2N6O6/c1-4-35-16-26(27(39)37(29(35)41)20-8-5-18(30)6-9-20)43-28(40)33-19-7-10-24(22(31)13-19)42-25-14-21(34(3)17(2)38)15-36-23(25)11-12-32-36/h5-16H,4H2,1-3H3,(H,33,40). The average Bonchev–Trinajstić information content (AvgIpc) is 3.45. The van der Waals surface area contributed by atoms with E-state index in [0.29, 0.717) is 11.2 Å². The molecule has 0 aliphatic heterocycles. The molecule has 0 aliphatic carbocycles. The first-order valence-electron chi connectivity index (χ1n) is 12.9. The van der Waals surface area contributed by atoms with E-state index in [9.17, 15) is 23.6 Å². The van der Waals surface area contributed by atoms with Gasteiger partial charge in [-0.15, -0.1) is 0 Å². The van der Waals surface area contributed by atoms with Crippen molar-refractivity contribution in [1.29, 1.82) is 0 Å². The van der Waals surface area contributed by atoms with Crippen LogP contribution in [-0.4, -0.2) is 37.8 Å². The Morgan fingerprint density at radius 1 is 0.977 bits per heavy atom. The van der Waals surface area contributed by atoms with E-state index in [0.717, 1.165) is 33.5 Å². The number of hydrogen-bond donors (Lipinski definition) is 1. The van der Waals surface area contributed by atoms with Gasteiger partial charge >= 0.3 is 17.3 Å². The van der Waals surface area contributed by atoms with Gasteiger partial charge in [-0.05, 0) is 49.4 Å². The number of halogens is 2. The molecule has 1 N–H and O–H groups in total. The van der Waals surface area contributed by atoms with E-state index in [1.54, 1.807) is 32.3 Å². The van der Waals surface area contributed by atoms with Gasteiger partial charge in [0.05, 0.1) is 30.0 Å². The van der Waals surface area contributed by atoms with E-state index in [2.05, 4.69) is 10.4 Å². The summed E-state index contributed by atoms with van der Waals surface area (Å²) >= 11 is 0. The number of fused-ring (bicyclic) bond motifs is 1. The molecule has 0 spiro atoms. The minimum Gasteiger partial charge on any atom is -0.452 e. The lowest BCUT2D eigenvalue weighted by Gasteiger charge is -2.17. The normalized spacial score (nSPS) is 10.9. The number of anilines is 2. The number of rotatable bonds is 7. The maximum atomic E-state index is 15.1. The summed E-state index contributed by atoms with van der Waals surface area (Å²) in [6, 6.07) is 11.5. The molecule has 43 heavy (non-hydrogen) atoms. The second-order valence-corrected chi connectivity index (χ2v) is 9.24. The van der Waals surface area contributed by atoms with Crippen molar-refractivity contribution >= 4 is 28.9 Å². The summed E-state index contributed by atoms with van der Waals surface area (Å²) in [5, 5.41) is 6.49. The molecule has 0 unspecified atom stereocenters. The Kier molecular flexibility index (Phi) is 7.75. The number of nitrogens with zero attached hydrogens (tertiary/aromatic N) is 5. The Hall–Kier alpha value is -5.79. The van der Waals surface area contributed by atoms with Gasteiger partial charge in [0.2, 0.25) is 11.7 Å². The van der Waals surface area contributed by atoms with Gasteiger partial charge < -0.3 is 14.4 Å². The minimum absolute atomic E-state index is 0.0166. The Balaban J connectivity index is 1.37. The number of ether oxygens (including phenoxy) is 2. The SMILES string of the molecule is CCn1cc(OC(=O)Nc2ccc(Oc3cc(N(C)C(C)=O)cn4nccc34)c(F)c2)c(=O)n(-c2ccc(F)cc2)c1=O. The van der Waals surface area contributed by atoms with Crippen molar-refractivity contribution in [2.24, 2.45) is 0 Å². The topological polar surface area (TPSA) is 129 Å². The third kappa shape index (κ3) is 5.84. The smallest absolute Gasteiger partial charge is 0.417 e. The van der Waals surface area contributed by atoms with E-state index in [4.69, 9.17) is 9.47 Å². The summed E-state index contributed by atoms with van der Waals surface area (Å²) < 4.78 is 42.8. The van der Waals surface area contributed by atoms with Gasteiger partial charge in [-0.3, -0.25) is 19.5 Å². The fourth-order valence-electron chi connectivity index (χ4n) is 4.14. The maximum absolute atomic E-state index is 15.1. The van der Waals surface area contributed by atoms with Crippen LogP contribution in [0.2, 0.25) is 0 Å². The third-order valence-electron chi connectivity index (χ3n) is 6.47. The van der Waals surface area contributed by atoms with Gasteiger partial charge in [-0.25, -0.2) is 27.5 Å². The first-order valence-corrected chi connectivity index (χ1v) is 12.9. The zero-order valence-corrected chi connectivity index (χ0v) is 23.1. The van der Waals surface area contributed by atoms with Crippen molar-refractivity contribution in [3.8, 4) is 22.9 Å². The number of aryl methyl sites for hydroxylation is 1. The molecule has 2 amide bonds. The lowest BCUT2D eigenvalue weighted by molar-refractivity contribution is -0.116. The average molecular weight is 591 g/mol. The number of aromatic nitrogens is 4. The molecule has 12 nitrogen and oxygen atoms in total. The Labute approximate surface area is 241 Å². The molecule has 2 aromatic carbocycles. The number of carbonyl (C=O) groups is 2. The lowest BCUT2D eigenvalue weighted by atomic mass is 10.2. The first kappa shape index (κ1) is 28.7. The van der Waals surface area contributed by atoms with Crippen LogP contribution in [0.1, 0.15) is 13.8 Å². The molecule has 0 aliphatic rings. The van der Waals surface area contributed by atoms with E-state index >= 15 is 4.39 Å². The fourth-order valence-corrected chi connectivity index (χ4v) is 4.14. The summed E-state index contributed by atoms with van der Waals surface area (Å²) in [6.07, 6.45) is 3.10. The molecule has 0 saturated heterocycles. The van der Waals surface area contributed by atoms with Crippen LogP contribution in [0, 0.1) is 11.6 Å². The van der Waals surface area contributed by atoms with Crippen molar-refractivity contribution in [2.45, 2.75) is 20.4 Å². The summed E-state index contributed by atoms with van der Waals surface area (Å²) in [7, 11) is 1.58. The molecule has 0 saturated carbocycles. The molecule has 3 heterocycles. The second-order valence-electron chi connectivity index (χ2n) is 9.24. The van der Waals surface area contributed by atoms with Crippen LogP contribution >= 0.6 is 0 Å². The van der Waals surface area contributed by atoms with E-state index in [1.807, 2.05) is 0 Å². The number of carbonyl (C=O) groups excluding carboxylic acids is 2. The van der Waals surface area contributed by atoms with Crippen LogP contribution in [0.25, 0.3) is 11.2 Å². The van der Waals surface area contributed by atoms with Gasteiger partial charge in [0.1, 0.15) is 11.3 Å². The van der Waals surface area contributed by atoms with Crippen molar-refractivity contribution < 1.29 is 27.8 Å². The minimum atomic E-state index is -1.13. The van der Waals surface area contributed by atoms with E-state index < -0.39 is 34.7 Å². The van der Waals surface area contributed by atoms with E-state index in [1.165, 1.54) is 46.8 Å². The number of nitrogens with one attached hydrogen (secondary N) is 1. The zero-order chi connectivity index (χ0) is 30.8. The third-order valence-corrected chi connectivity index (χ3v) is 6.47.